The molecule has 2 aliphatic rings. The van der Waals surface area contributed by atoms with Gasteiger partial charge in [-0.05, 0) is 38.0 Å². The molecule has 0 spiro atoms. The molecule has 2 aromatic rings. The van der Waals surface area contributed by atoms with E-state index in [1.54, 1.807) is 23.9 Å². The molecule has 2 unspecified atom stereocenters. The first kappa shape index (κ1) is 18.5. The molecule has 1 N–H and O–H groups in total. The predicted molar refractivity (Wildman–Crippen MR) is 103 cm³/mol. The lowest BCUT2D eigenvalue weighted by Crippen LogP contribution is -2.49. The highest BCUT2D eigenvalue weighted by Gasteiger charge is 2.31. The Labute approximate surface area is 163 Å². The minimum absolute atomic E-state index is 0.0710. The minimum Gasteiger partial charge on any atom is -0.489 e. The number of amides is 2. The number of rotatable bonds is 4. The van der Waals surface area contributed by atoms with Gasteiger partial charge in [-0.1, -0.05) is 12.1 Å². The van der Waals surface area contributed by atoms with Crippen molar-refractivity contribution in [2.75, 3.05) is 25.2 Å². The molecule has 2 aliphatic heterocycles. The summed E-state index contributed by atoms with van der Waals surface area (Å²) in [7, 11) is 1.68. The molecule has 148 valence electrons. The number of fused-ring (bicyclic) bond motifs is 1. The number of likely N-dealkylation sites (N-methyl/N-ethyl adjacent to an activating group) is 1. The minimum atomic E-state index is -0.784. The number of hydrogen-bond acceptors (Lipinski definition) is 5. The Morgan fingerprint density at radius 1 is 1.36 bits per heavy atom. The molecular weight excluding hydrogens is 360 g/mol. The smallest absolute Gasteiger partial charge is 0.272 e. The molecule has 1 fully saturated rings. The highest BCUT2D eigenvalue weighted by molar-refractivity contribution is 6.02. The van der Waals surface area contributed by atoms with E-state index in [-0.39, 0.29) is 24.3 Å². The van der Waals surface area contributed by atoms with E-state index >= 15 is 0 Å². The average molecular weight is 384 g/mol. The maximum absolute atomic E-state index is 12.8. The summed E-state index contributed by atoms with van der Waals surface area (Å²) in [5.41, 5.74) is 1.85. The second-order valence-corrected chi connectivity index (χ2v) is 7.19. The summed E-state index contributed by atoms with van der Waals surface area (Å²) in [4.78, 5) is 27.0. The van der Waals surface area contributed by atoms with Gasteiger partial charge in [-0.3, -0.25) is 14.3 Å². The SMILES string of the molecule is Cc1cc(C(=O)NC2COc3ccccc3N(C)C2=O)nn1CC1CCCO1. The summed E-state index contributed by atoms with van der Waals surface area (Å²) >= 11 is 0. The molecule has 1 saturated heterocycles. The molecule has 0 saturated carbocycles. The fraction of sp³-hybridized carbons (Fsp3) is 0.450. The van der Waals surface area contributed by atoms with Crippen molar-refractivity contribution in [3.05, 3.63) is 41.7 Å². The lowest BCUT2D eigenvalue weighted by atomic mass is 10.2. The molecule has 2 amide bonds. The quantitative estimate of drug-likeness (QED) is 0.864. The van der Waals surface area contributed by atoms with Crippen molar-refractivity contribution in [3.8, 4) is 5.75 Å². The van der Waals surface area contributed by atoms with Crippen LogP contribution in [-0.2, 0) is 16.1 Å². The molecule has 0 radical (unpaired) electrons. The number of nitrogens with one attached hydrogen (secondary N) is 1. The van der Waals surface area contributed by atoms with Gasteiger partial charge in [0.2, 0.25) is 0 Å². The van der Waals surface area contributed by atoms with Crippen LogP contribution >= 0.6 is 0 Å². The molecule has 1 aromatic carbocycles. The molecule has 8 nitrogen and oxygen atoms in total. The molecule has 1 aromatic heterocycles. The number of anilines is 1. The predicted octanol–water partition coefficient (Wildman–Crippen LogP) is 1.52. The lowest BCUT2D eigenvalue weighted by molar-refractivity contribution is -0.120. The number of aromatic nitrogens is 2. The van der Waals surface area contributed by atoms with Gasteiger partial charge >= 0.3 is 0 Å². The molecule has 3 heterocycles. The first-order chi connectivity index (χ1) is 13.5. The van der Waals surface area contributed by atoms with Crippen molar-refractivity contribution >= 4 is 17.5 Å². The van der Waals surface area contributed by atoms with E-state index in [9.17, 15) is 9.59 Å². The van der Waals surface area contributed by atoms with Crippen molar-refractivity contribution in [1.82, 2.24) is 15.1 Å². The average Bonchev–Trinajstić information content (AvgIpc) is 3.32. The van der Waals surface area contributed by atoms with Gasteiger partial charge in [-0.25, -0.2) is 0 Å². The largest absolute Gasteiger partial charge is 0.489 e. The fourth-order valence-electron chi connectivity index (χ4n) is 3.58. The number of para-hydroxylation sites is 2. The monoisotopic (exact) mass is 384 g/mol. The number of carbonyl (C=O) groups is 2. The second kappa shape index (κ2) is 7.63. The van der Waals surface area contributed by atoms with Gasteiger partial charge in [-0.2, -0.15) is 5.10 Å². The molecule has 0 bridgehead atoms. The number of aryl methyl sites for hydroxylation is 1. The Morgan fingerprint density at radius 2 is 2.18 bits per heavy atom. The molecule has 0 aliphatic carbocycles. The Kier molecular flexibility index (Phi) is 5.04. The third-order valence-electron chi connectivity index (χ3n) is 5.18. The van der Waals surface area contributed by atoms with E-state index in [4.69, 9.17) is 9.47 Å². The van der Waals surface area contributed by atoms with E-state index in [0.717, 1.165) is 25.1 Å². The van der Waals surface area contributed by atoms with Crippen LogP contribution in [0.4, 0.5) is 5.69 Å². The number of hydrogen-bond donors (Lipinski definition) is 1. The Bertz CT molecular complexity index is 888. The van der Waals surface area contributed by atoms with Crippen LogP contribution < -0.4 is 15.0 Å². The van der Waals surface area contributed by atoms with Gasteiger partial charge < -0.3 is 19.7 Å². The topological polar surface area (TPSA) is 85.7 Å². The zero-order valence-electron chi connectivity index (χ0n) is 16.1. The maximum atomic E-state index is 12.8. The van der Waals surface area contributed by atoms with Crippen LogP contribution in [0.2, 0.25) is 0 Å². The Morgan fingerprint density at radius 3 is 2.96 bits per heavy atom. The van der Waals surface area contributed by atoms with Gasteiger partial charge in [0.05, 0.1) is 18.3 Å². The van der Waals surface area contributed by atoms with E-state index in [1.807, 2.05) is 25.1 Å². The summed E-state index contributed by atoms with van der Waals surface area (Å²) < 4.78 is 13.2. The zero-order chi connectivity index (χ0) is 19.7. The summed E-state index contributed by atoms with van der Waals surface area (Å²) in [5.74, 6) is -0.00362. The number of benzene rings is 1. The van der Waals surface area contributed by atoms with Crippen molar-refractivity contribution in [2.24, 2.45) is 0 Å². The van der Waals surface area contributed by atoms with Crippen molar-refractivity contribution in [1.29, 1.82) is 0 Å². The standard InChI is InChI=1S/C20H24N4O4/c1-13-10-15(22-24(13)11-14-6-5-9-27-14)19(25)21-16-12-28-18-8-4-3-7-17(18)23(2)20(16)26/h3-4,7-8,10,14,16H,5-6,9,11-12H2,1-2H3,(H,21,25). The molecule has 4 rings (SSSR count). The zero-order valence-corrected chi connectivity index (χ0v) is 16.1. The third-order valence-corrected chi connectivity index (χ3v) is 5.18. The van der Waals surface area contributed by atoms with E-state index in [0.29, 0.717) is 18.0 Å². The van der Waals surface area contributed by atoms with Crippen LogP contribution in [0.5, 0.6) is 5.75 Å². The number of nitrogens with zero attached hydrogens (tertiary/aromatic N) is 3. The molecular formula is C20H24N4O4. The first-order valence-corrected chi connectivity index (χ1v) is 9.49. The fourth-order valence-corrected chi connectivity index (χ4v) is 3.58. The van der Waals surface area contributed by atoms with Gasteiger partial charge in [0.1, 0.15) is 24.1 Å². The van der Waals surface area contributed by atoms with Crippen LogP contribution in [0.15, 0.2) is 30.3 Å². The van der Waals surface area contributed by atoms with Crippen molar-refractivity contribution < 1.29 is 19.1 Å². The Hall–Kier alpha value is -2.87. The van der Waals surface area contributed by atoms with Crippen molar-refractivity contribution in [2.45, 2.75) is 38.5 Å². The van der Waals surface area contributed by atoms with Crippen LogP contribution in [0.25, 0.3) is 0 Å². The number of carbonyl (C=O) groups excluding carboxylic acids is 2. The van der Waals surface area contributed by atoms with Crippen molar-refractivity contribution in [3.63, 3.8) is 0 Å². The van der Waals surface area contributed by atoms with Gasteiger partial charge in [0.25, 0.3) is 11.8 Å². The van der Waals surface area contributed by atoms with Gasteiger partial charge in [0, 0.05) is 19.3 Å². The number of ether oxygens (including phenoxy) is 2. The third kappa shape index (κ3) is 3.60. The summed E-state index contributed by atoms with van der Waals surface area (Å²) in [6, 6.07) is 8.25. The lowest BCUT2D eigenvalue weighted by Gasteiger charge is -2.20. The van der Waals surface area contributed by atoms with Gasteiger partial charge in [-0.15, -0.1) is 0 Å². The highest BCUT2D eigenvalue weighted by Crippen LogP contribution is 2.29. The second-order valence-electron chi connectivity index (χ2n) is 7.19. The van der Waals surface area contributed by atoms with Gasteiger partial charge in [0.15, 0.2) is 0 Å². The molecule has 2 atom stereocenters. The van der Waals surface area contributed by atoms with E-state index < -0.39 is 11.9 Å². The summed E-state index contributed by atoms with van der Waals surface area (Å²) in [6.45, 7) is 3.38. The Balaban J connectivity index is 1.45. The van der Waals surface area contributed by atoms with E-state index in [1.165, 1.54) is 4.90 Å². The summed E-state index contributed by atoms with van der Waals surface area (Å²) in [6.07, 6.45) is 2.19. The first-order valence-electron chi connectivity index (χ1n) is 9.49. The van der Waals surface area contributed by atoms with Crippen LogP contribution in [0.3, 0.4) is 0 Å². The normalized spacial score (nSPS) is 21.8. The van der Waals surface area contributed by atoms with E-state index in [2.05, 4.69) is 10.4 Å². The maximum Gasteiger partial charge on any atom is 0.272 e. The highest BCUT2D eigenvalue weighted by atomic mass is 16.5. The van der Waals surface area contributed by atoms with Crippen LogP contribution in [0.1, 0.15) is 29.0 Å². The van der Waals surface area contributed by atoms with Crippen LogP contribution in [-0.4, -0.2) is 54.0 Å². The summed E-state index contributed by atoms with van der Waals surface area (Å²) in [5, 5.41) is 7.17. The van der Waals surface area contributed by atoms with Crippen LogP contribution in [0, 0.1) is 6.92 Å². The molecule has 28 heavy (non-hydrogen) atoms. The molecule has 8 heteroatoms.